The average Bonchev–Trinajstić information content (AvgIpc) is 2.75. The smallest absolute Gasteiger partial charge is 0.333 e. The van der Waals surface area contributed by atoms with Crippen molar-refractivity contribution < 1.29 is 24.2 Å². The van der Waals surface area contributed by atoms with Crippen LogP contribution in [0.2, 0.25) is 0 Å². The molecule has 7 heteroatoms. The molecule has 2 rings (SSSR count). The molecule has 2 aromatic rings. The van der Waals surface area contributed by atoms with Gasteiger partial charge in [-0.3, -0.25) is 0 Å². The van der Waals surface area contributed by atoms with Crippen molar-refractivity contribution >= 4 is 17.7 Å². The van der Waals surface area contributed by atoms with E-state index < -0.39 is 12.1 Å². The first kappa shape index (κ1) is 27.2. The molecule has 0 saturated carbocycles. The Morgan fingerprint density at radius 2 is 1.68 bits per heavy atom. The molecule has 0 saturated heterocycles. The standard InChI is InChI=1S/C27H38N2O5/c1-7-33-24(26(30)31)16-22-8-10-23(11-9-22)34-13-12-29(17-18(2)3)27(32)28-25-20(5)14-19(4)15-21(25)6/h8-11,14-15,18,24H,7,12-13,16-17H2,1-6H3,(H,28,32)(H,30,31). The molecule has 1 atom stereocenters. The van der Waals surface area contributed by atoms with E-state index in [1.165, 1.54) is 5.56 Å². The number of amides is 2. The zero-order chi connectivity index (χ0) is 25.3. The number of carbonyl (C=O) groups is 2. The first-order valence-corrected chi connectivity index (χ1v) is 11.8. The van der Waals surface area contributed by atoms with E-state index in [0.717, 1.165) is 22.4 Å². The molecule has 0 fully saturated rings. The van der Waals surface area contributed by atoms with E-state index in [4.69, 9.17) is 9.47 Å². The second kappa shape index (κ2) is 13.0. The molecule has 2 amide bonds. The number of hydrogen-bond acceptors (Lipinski definition) is 4. The SMILES string of the molecule is CCOC(Cc1ccc(OCCN(CC(C)C)C(=O)Nc2c(C)cc(C)cc2C)cc1)C(=O)O. The molecule has 0 radical (unpaired) electrons. The summed E-state index contributed by atoms with van der Waals surface area (Å²) in [5.41, 5.74) is 4.97. The van der Waals surface area contributed by atoms with Gasteiger partial charge in [-0.25, -0.2) is 9.59 Å². The van der Waals surface area contributed by atoms with E-state index in [0.29, 0.717) is 44.4 Å². The number of nitrogens with one attached hydrogen (secondary N) is 1. The lowest BCUT2D eigenvalue weighted by Crippen LogP contribution is -2.40. The third-order valence-corrected chi connectivity index (χ3v) is 5.40. The molecule has 2 N–H and O–H groups in total. The van der Waals surface area contributed by atoms with Crippen LogP contribution in [0.3, 0.4) is 0 Å². The number of aliphatic carboxylic acids is 1. The Balaban J connectivity index is 1.96. The van der Waals surface area contributed by atoms with E-state index in [-0.39, 0.29) is 6.03 Å². The minimum absolute atomic E-state index is 0.140. The van der Waals surface area contributed by atoms with Crippen molar-refractivity contribution in [3.8, 4) is 5.75 Å². The third kappa shape index (κ3) is 8.37. The van der Waals surface area contributed by atoms with Crippen molar-refractivity contribution in [1.82, 2.24) is 4.90 Å². The van der Waals surface area contributed by atoms with Gasteiger partial charge in [-0.05, 0) is 62.4 Å². The van der Waals surface area contributed by atoms with Gasteiger partial charge >= 0.3 is 12.0 Å². The predicted octanol–water partition coefficient (Wildman–Crippen LogP) is 5.21. The van der Waals surface area contributed by atoms with E-state index in [2.05, 4.69) is 31.3 Å². The number of benzene rings is 2. The van der Waals surface area contributed by atoms with Crippen LogP contribution in [0, 0.1) is 26.7 Å². The predicted molar refractivity (Wildman–Crippen MR) is 135 cm³/mol. The molecule has 0 aliphatic carbocycles. The highest BCUT2D eigenvalue weighted by Gasteiger charge is 2.19. The van der Waals surface area contributed by atoms with Gasteiger partial charge in [-0.2, -0.15) is 0 Å². The lowest BCUT2D eigenvalue weighted by atomic mass is 10.1. The topological polar surface area (TPSA) is 88.1 Å². The maximum absolute atomic E-state index is 13.0. The van der Waals surface area contributed by atoms with Crippen LogP contribution in [0.5, 0.6) is 5.75 Å². The highest BCUT2D eigenvalue weighted by molar-refractivity contribution is 5.91. The van der Waals surface area contributed by atoms with Crippen LogP contribution in [-0.2, 0) is 16.0 Å². The Kier molecular flexibility index (Phi) is 10.4. The van der Waals surface area contributed by atoms with Crippen molar-refractivity contribution in [2.24, 2.45) is 5.92 Å². The van der Waals surface area contributed by atoms with Gasteiger partial charge in [0.2, 0.25) is 0 Å². The summed E-state index contributed by atoms with van der Waals surface area (Å²) in [7, 11) is 0. The molecular formula is C27H38N2O5. The maximum atomic E-state index is 13.0. The number of anilines is 1. The maximum Gasteiger partial charge on any atom is 0.333 e. The summed E-state index contributed by atoms with van der Waals surface area (Å²) < 4.78 is 11.1. The van der Waals surface area contributed by atoms with Crippen LogP contribution < -0.4 is 10.1 Å². The molecule has 34 heavy (non-hydrogen) atoms. The number of urea groups is 1. The van der Waals surface area contributed by atoms with E-state index in [1.54, 1.807) is 11.8 Å². The zero-order valence-electron chi connectivity index (χ0n) is 21.2. The van der Waals surface area contributed by atoms with Crippen molar-refractivity contribution in [3.05, 3.63) is 58.7 Å². The van der Waals surface area contributed by atoms with Gasteiger partial charge in [0, 0.05) is 25.3 Å². The van der Waals surface area contributed by atoms with Gasteiger partial charge in [0.25, 0.3) is 0 Å². The Labute approximate surface area is 203 Å². The third-order valence-electron chi connectivity index (χ3n) is 5.40. The van der Waals surface area contributed by atoms with Crippen molar-refractivity contribution in [2.75, 3.05) is 31.6 Å². The fourth-order valence-electron chi connectivity index (χ4n) is 3.91. The minimum Gasteiger partial charge on any atom is -0.492 e. The number of carboxylic acid groups (broad SMARTS) is 1. The van der Waals surface area contributed by atoms with Crippen molar-refractivity contribution in [1.29, 1.82) is 0 Å². The summed E-state index contributed by atoms with van der Waals surface area (Å²) in [6.45, 7) is 13.7. The molecule has 0 heterocycles. The Hall–Kier alpha value is -3.06. The lowest BCUT2D eigenvalue weighted by molar-refractivity contribution is -0.149. The van der Waals surface area contributed by atoms with E-state index in [1.807, 2.05) is 45.0 Å². The van der Waals surface area contributed by atoms with Crippen LogP contribution in [0.25, 0.3) is 0 Å². The molecular weight excluding hydrogens is 432 g/mol. The summed E-state index contributed by atoms with van der Waals surface area (Å²) in [5.74, 6) is 0.0154. The summed E-state index contributed by atoms with van der Waals surface area (Å²) in [6, 6.07) is 11.3. The highest BCUT2D eigenvalue weighted by atomic mass is 16.5. The lowest BCUT2D eigenvalue weighted by Gasteiger charge is -2.26. The number of carboxylic acids is 1. The molecule has 7 nitrogen and oxygen atoms in total. The van der Waals surface area contributed by atoms with Gasteiger partial charge < -0.3 is 24.8 Å². The van der Waals surface area contributed by atoms with Crippen molar-refractivity contribution in [3.63, 3.8) is 0 Å². The number of hydrogen-bond donors (Lipinski definition) is 2. The van der Waals surface area contributed by atoms with Crippen molar-refractivity contribution in [2.45, 2.75) is 54.1 Å². The number of carbonyl (C=O) groups excluding carboxylic acids is 1. The summed E-state index contributed by atoms with van der Waals surface area (Å²) in [5, 5.41) is 12.3. The zero-order valence-corrected chi connectivity index (χ0v) is 21.2. The molecule has 2 aromatic carbocycles. The van der Waals surface area contributed by atoms with Crippen LogP contribution in [0.4, 0.5) is 10.5 Å². The molecule has 186 valence electrons. The summed E-state index contributed by atoms with van der Waals surface area (Å²) in [6.07, 6.45) is -0.565. The first-order valence-electron chi connectivity index (χ1n) is 11.8. The van der Waals surface area contributed by atoms with Crippen LogP contribution >= 0.6 is 0 Å². The normalized spacial score (nSPS) is 11.9. The second-order valence-corrected chi connectivity index (χ2v) is 9.02. The molecule has 0 aliphatic heterocycles. The number of rotatable bonds is 12. The Morgan fingerprint density at radius 1 is 1.06 bits per heavy atom. The molecule has 0 spiro atoms. The fourth-order valence-corrected chi connectivity index (χ4v) is 3.91. The summed E-state index contributed by atoms with van der Waals surface area (Å²) >= 11 is 0. The second-order valence-electron chi connectivity index (χ2n) is 9.02. The van der Waals surface area contributed by atoms with Gasteiger partial charge in [-0.15, -0.1) is 0 Å². The van der Waals surface area contributed by atoms with Gasteiger partial charge in [0.05, 0.1) is 6.54 Å². The molecule has 0 aliphatic rings. The van der Waals surface area contributed by atoms with Crippen LogP contribution in [0.15, 0.2) is 36.4 Å². The highest BCUT2D eigenvalue weighted by Crippen LogP contribution is 2.22. The fraction of sp³-hybridized carbons (Fsp3) is 0.481. The molecule has 0 bridgehead atoms. The van der Waals surface area contributed by atoms with Crippen LogP contribution in [0.1, 0.15) is 43.0 Å². The first-order chi connectivity index (χ1) is 16.1. The van der Waals surface area contributed by atoms with E-state index >= 15 is 0 Å². The quantitative estimate of drug-likeness (QED) is 0.444. The summed E-state index contributed by atoms with van der Waals surface area (Å²) in [4.78, 5) is 26.1. The molecule has 1 unspecified atom stereocenters. The molecule has 0 aromatic heterocycles. The monoisotopic (exact) mass is 470 g/mol. The average molecular weight is 471 g/mol. The van der Waals surface area contributed by atoms with Crippen LogP contribution in [-0.4, -0.2) is 54.4 Å². The number of nitrogens with zero attached hydrogens (tertiary/aromatic N) is 1. The van der Waals surface area contributed by atoms with Gasteiger partial charge in [-0.1, -0.05) is 43.7 Å². The van der Waals surface area contributed by atoms with Gasteiger partial charge in [0.1, 0.15) is 12.4 Å². The van der Waals surface area contributed by atoms with E-state index in [9.17, 15) is 14.7 Å². The number of ether oxygens (including phenoxy) is 2. The minimum atomic E-state index is -0.971. The Morgan fingerprint density at radius 3 is 2.21 bits per heavy atom. The van der Waals surface area contributed by atoms with Gasteiger partial charge in [0.15, 0.2) is 6.10 Å². The Bertz CT molecular complexity index is 933. The number of aryl methyl sites for hydroxylation is 3. The largest absolute Gasteiger partial charge is 0.492 e.